The van der Waals surface area contributed by atoms with E-state index in [4.69, 9.17) is 19.2 Å². The largest absolute Gasteiger partial charge is 0.473 e. The van der Waals surface area contributed by atoms with E-state index in [0.717, 1.165) is 62.7 Å². The normalized spacial score (nSPS) is 25.7. The third kappa shape index (κ3) is 3.84. The number of hydrogen-bond donors (Lipinski definition) is 0. The van der Waals surface area contributed by atoms with Crippen molar-refractivity contribution in [1.29, 1.82) is 0 Å². The summed E-state index contributed by atoms with van der Waals surface area (Å²) >= 11 is 0. The number of carbonyl (C=O) groups is 1. The molecule has 1 saturated heterocycles. The number of likely N-dealkylation sites (N-methyl/N-ethyl adjacent to an activating group) is 1. The van der Waals surface area contributed by atoms with Gasteiger partial charge in [-0.15, -0.1) is 5.10 Å². The van der Waals surface area contributed by atoms with Crippen LogP contribution in [0, 0.1) is 0 Å². The summed E-state index contributed by atoms with van der Waals surface area (Å²) < 4.78 is 13.8. The average Bonchev–Trinajstić information content (AvgIpc) is 3.62. The molecule has 1 aliphatic heterocycles. The van der Waals surface area contributed by atoms with Crippen LogP contribution >= 0.6 is 0 Å². The summed E-state index contributed by atoms with van der Waals surface area (Å²) in [6.07, 6.45) is 11.6. The van der Waals surface area contributed by atoms with E-state index in [1.54, 1.807) is 23.1 Å². The van der Waals surface area contributed by atoms with Crippen LogP contribution in [0.5, 0.6) is 5.88 Å². The minimum atomic E-state index is -0.516. The smallest absolute Gasteiger partial charge is 0.219 e. The number of nitrogens with zero attached hydrogens (tertiary/aromatic N) is 7. The van der Waals surface area contributed by atoms with Gasteiger partial charge >= 0.3 is 0 Å². The first-order chi connectivity index (χ1) is 17.0. The molecule has 0 bridgehead atoms. The number of likely N-dealkylation sites (tertiary alicyclic amines) is 1. The van der Waals surface area contributed by atoms with Gasteiger partial charge in [-0.1, -0.05) is 16.8 Å². The van der Waals surface area contributed by atoms with Crippen LogP contribution in [0.2, 0.25) is 0 Å². The highest BCUT2D eigenvalue weighted by Gasteiger charge is 2.48. The van der Waals surface area contributed by atoms with Crippen molar-refractivity contribution in [3.8, 4) is 23.3 Å². The Balaban J connectivity index is 1.40. The quantitative estimate of drug-likeness (QED) is 0.546. The van der Waals surface area contributed by atoms with E-state index in [1.807, 2.05) is 0 Å². The second kappa shape index (κ2) is 8.82. The summed E-state index contributed by atoms with van der Waals surface area (Å²) in [5, 5.41) is 12.5. The summed E-state index contributed by atoms with van der Waals surface area (Å²) in [6, 6.07) is 2.11. The van der Waals surface area contributed by atoms with Gasteiger partial charge in [0.15, 0.2) is 5.82 Å². The third-order valence-corrected chi connectivity index (χ3v) is 8.04. The van der Waals surface area contributed by atoms with Gasteiger partial charge in [0.1, 0.15) is 17.6 Å². The molecule has 2 aliphatic carbocycles. The first-order valence-electron chi connectivity index (χ1n) is 12.7. The lowest BCUT2D eigenvalue weighted by molar-refractivity contribution is -0.127. The summed E-state index contributed by atoms with van der Waals surface area (Å²) in [5.74, 6) is 2.21. The maximum Gasteiger partial charge on any atom is 0.219 e. The van der Waals surface area contributed by atoms with Crippen LogP contribution in [0.3, 0.4) is 0 Å². The lowest BCUT2D eigenvalue weighted by atomic mass is 9.64. The van der Waals surface area contributed by atoms with Crippen molar-refractivity contribution in [2.75, 3.05) is 13.6 Å². The molecule has 1 saturated carbocycles. The van der Waals surface area contributed by atoms with Gasteiger partial charge in [-0.05, 0) is 65.5 Å². The van der Waals surface area contributed by atoms with E-state index in [9.17, 15) is 4.79 Å². The predicted octanol–water partition coefficient (Wildman–Crippen LogP) is 3.29. The average molecular weight is 478 g/mol. The number of hydrogen-bond acceptors (Lipinski definition) is 9. The number of Topliss-reactive ketones (excluding diaryl/α,β-unsaturated/α-hetero) is 1. The SMILES string of the molecule is C[C@H](Oc1cc(-n2ccnn2)nc(-c2onc3c2CCC[C@@]32CCCCC2=O)n1)[C@@H]1CCCN1C. The minimum absolute atomic E-state index is 0.0411. The lowest BCUT2D eigenvalue weighted by Gasteiger charge is -2.37. The van der Waals surface area contributed by atoms with E-state index >= 15 is 0 Å². The fraction of sp³-hybridized carbons (Fsp3) is 0.600. The van der Waals surface area contributed by atoms with Gasteiger partial charge in [0.25, 0.3) is 0 Å². The molecule has 3 aromatic heterocycles. The van der Waals surface area contributed by atoms with Crippen LogP contribution in [0.4, 0.5) is 0 Å². The molecule has 0 aromatic carbocycles. The van der Waals surface area contributed by atoms with Crippen molar-refractivity contribution in [2.45, 2.75) is 82.3 Å². The van der Waals surface area contributed by atoms with Crippen molar-refractivity contribution in [2.24, 2.45) is 0 Å². The molecule has 4 heterocycles. The molecule has 0 unspecified atom stereocenters. The fourth-order valence-electron chi connectivity index (χ4n) is 6.20. The summed E-state index contributed by atoms with van der Waals surface area (Å²) in [6.45, 7) is 3.15. The summed E-state index contributed by atoms with van der Waals surface area (Å²) in [5.41, 5.74) is 1.23. The zero-order valence-electron chi connectivity index (χ0n) is 20.3. The van der Waals surface area contributed by atoms with E-state index in [-0.39, 0.29) is 6.10 Å². The van der Waals surface area contributed by atoms with Crippen LogP contribution in [-0.4, -0.2) is 66.5 Å². The molecule has 3 aliphatic rings. The van der Waals surface area contributed by atoms with Crippen LogP contribution in [-0.2, 0) is 16.6 Å². The van der Waals surface area contributed by atoms with Crippen LogP contribution in [0.15, 0.2) is 23.0 Å². The lowest BCUT2D eigenvalue weighted by Crippen LogP contribution is -2.41. The number of fused-ring (bicyclic) bond motifs is 2. The van der Waals surface area contributed by atoms with Gasteiger partial charge in [0.05, 0.1) is 17.8 Å². The Morgan fingerprint density at radius 2 is 2.06 bits per heavy atom. The molecule has 0 amide bonds. The molecule has 10 nitrogen and oxygen atoms in total. The Morgan fingerprint density at radius 3 is 2.83 bits per heavy atom. The fourth-order valence-corrected chi connectivity index (χ4v) is 6.20. The molecule has 2 fully saturated rings. The standard InChI is InChI=1S/C25H31N7O3/c1-16(18-8-6-13-31(18)2)34-21-15-20(32-14-12-26-30-32)27-24(28-21)22-17-7-5-11-25(23(17)29-35-22)10-4-3-9-19(25)33/h12,14-16,18H,3-11,13H2,1-2H3/t16-,18-,25+/m0/s1. The predicted molar refractivity (Wildman–Crippen MR) is 126 cm³/mol. The number of aromatic nitrogens is 6. The van der Waals surface area contributed by atoms with Crippen molar-refractivity contribution < 1.29 is 14.1 Å². The number of ketones is 1. The molecule has 0 radical (unpaired) electrons. The Bertz CT molecular complexity index is 1220. The molecule has 3 aromatic rings. The molecule has 184 valence electrons. The molecular weight excluding hydrogens is 446 g/mol. The van der Waals surface area contributed by atoms with Crippen molar-refractivity contribution in [3.63, 3.8) is 0 Å². The van der Waals surface area contributed by atoms with Crippen molar-refractivity contribution in [1.82, 2.24) is 35.0 Å². The number of rotatable bonds is 5. The van der Waals surface area contributed by atoms with Crippen LogP contribution < -0.4 is 4.74 Å². The zero-order valence-corrected chi connectivity index (χ0v) is 20.3. The van der Waals surface area contributed by atoms with Gasteiger partial charge in [0, 0.05) is 24.1 Å². The Labute approximate surface area is 204 Å². The second-order valence-corrected chi connectivity index (χ2v) is 10.2. The Hall–Kier alpha value is -3.14. The highest BCUT2D eigenvalue weighted by atomic mass is 16.5. The molecule has 35 heavy (non-hydrogen) atoms. The van der Waals surface area contributed by atoms with E-state index < -0.39 is 5.41 Å². The molecule has 6 rings (SSSR count). The maximum atomic E-state index is 13.1. The zero-order chi connectivity index (χ0) is 24.0. The molecule has 1 spiro atoms. The van der Waals surface area contributed by atoms with Gasteiger partial charge in [-0.25, -0.2) is 9.67 Å². The Morgan fingerprint density at radius 1 is 1.17 bits per heavy atom. The molecule has 3 atom stereocenters. The van der Waals surface area contributed by atoms with Gasteiger partial charge in [0.2, 0.25) is 17.5 Å². The van der Waals surface area contributed by atoms with E-state index in [0.29, 0.717) is 41.5 Å². The van der Waals surface area contributed by atoms with Gasteiger partial charge in [-0.3, -0.25) is 9.69 Å². The van der Waals surface area contributed by atoms with Gasteiger partial charge < -0.3 is 9.26 Å². The Kier molecular flexibility index (Phi) is 5.63. The minimum Gasteiger partial charge on any atom is -0.473 e. The van der Waals surface area contributed by atoms with Crippen molar-refractivity contribution >= 4 is 5.78 Å². The second-order valence-electron chi connectivity index (χ2n) is 10.2. The molecule has 10 heteroatoms. The highest BCUT2D eigenvalue weighted by Crippen LogP contribution is 2.47. The van der Waals surface area contributed by atoms with Crippen LogP contribution in [0.1, 0.15) is 69.5 Å². The van der Waals surface area contributed by atoms with Crippen molar-refractivity contribution in [3.05, 3.63) is 29.7 Å². The maximum absolute atomic E-state index is 13.1. The summed E-state index contributed by atoms with van der Waals surface area (Å²) in [7, 11) is 2.13. The first kappa shape index (κ1) is 22.3. The van der Waals surface area contributed by atoms with E-state index in [1.165, 1.54) is 6.42 Å². The first-order valence-corrected chi connectivity index (χ1v) is 12.7. The summed E-state index contributed by atoms with van der Waals surface area (Å²) in [4.78, 5) is 24.9. The van der Waals surface area contributed by atoms with Gasteiger partial charge in [-0.2, -0.15) is 4.98 Å². The molecular formula is C25H31N7O3. The van der Waals surface area contributed by atoms with Crippen LogP contribution in [0.25, 0.3) is 17.4 Å². The highest BCUT2D eigenvalue weighted by molar-refractivity contribution is 5.91. The topological polar surface area (TPSA) is 112 Å². The number of carbonyl (C=O) groups excluding carboxylic acids is 1. The number of ether oxygens (including phenoxy) is 1. The third-order valence-electron chi connectivity index (χ3n) is 8.04. The van der Waals surface area contributed by atoms with E-state index in [2.05, 4.69) is 34.3 Å². The monoisotopic (exact) mass is 477 g/mol. The molecule has 0 N–H and O–H groups in total.